The van der Waals surface area contributed by atoms with Crippen LogP contribution in [-0.4, -0.2) is 29.8 Å². The Bertz CT molecular complexity index is 187. The highest BCUT2D eigenvalue weighted by Crippen LogP contribution is 2.20. The number of nitrogens with one attached hydrogen (secondary N) is 1. The van der Waals surface area contributed by atoms with Crippen molar-refractivity contribution in [1.82, 2.24) is 5.32 Å². The number of carbonyl (C=O) groups excluding carboxylic acids is 1. The van der Waals surface area contributed by atoms with Crippen molar-refractivity contribution in [1.29, 1.82) is 0 Å². The van der Waals surface area contributed by atoms with Crippen LogP contribution in [0.1, 0.15) is 25.7 Å². The monoisotopic (exact) mass is 187 g/mol. The second-order valence-corrected chi connectivity index (χ2v) is 3.16. The Morgan fingerprint density at radius 1 is 1.38 bits per heavy atom. The summed E-state index contributed by atoms with van der Waals surface area (Å²) < 4.78 is 4.78. The summed E-state index contributed by atoms with van der Waals surface area (Å²) in [7, 11) is 0. The SMILES string of the molecule is O=COC1CCC(NC(=O)O)CC1. The Morgan fingerprint density at radius 2 is 2.00 bits per heavy atom. The van der Waals surface area contributed by atoms with Crippen molar-refractivity contribution in [2.45, 2.75) is 37.8 Å². The molecule has 74 valence electrons. The van der Waals surface area contributed by atoms with E-state index in [1.807, 2.05) is 0 Å². The van der Waals surface area contributed by atoms with Gasteiger partial charge in [0.05, 0.1) is 0 Å². The van der Waals surface area contributed by atoms with Crippen molar-refractivity contribution in [2.75, 3.05) is 0 Å². The zero-order valence-corrected chi connectivity index (χ0v) is 7.23. The maximum Gasteiger partial charge on any atom is 0.404 e. The quantitative estimate of drug-likeness (QED) is 0.639. The van der Waals surface area contributed by atoms with Gasteiger partial charge < -0.3 is 15.2 Å². The van der Waals surface area contributed by atoms with Crippen LogP contribution >= 0.6 is 0 Å². The summed E-state index contributed by atoms with van der Waals surface area (Å²) >= 11 is 0. The second kappa shape index (κ2) is 4.69. The minimum absolute atomic E-state index is 0.0176. The molecule has 2 N–H and O–H groups in total. The van der Waals surface area contributed by atoms with Crippen LogP contribution < -0.4 is 5.32 Å². The van der Waals surface area contributed by atoms with Crippen LogP contribution in [0.25, 0.3) is 0 Å². The molecule has 1 amide bonds. The van der Waals surface area contributed by atoms with E-state index in [2.05, 4.69) is 5.32 Å². The molecule has 1 aliphatic carbocycles. The van der Waals surface area contributed by atoms with Crippen LogP contribution in [0.4, 0.5) is 4.79 Å². The van der Waals surface area contributed by atoms with Crippen LogP contribution in [0.5, 0.6) is 0 Å². The molecule has 0 aromatic rings. The Balaban J connectivity index is 2.22. The Hall–Kier alpha value is -1.26. The molecule has 0 atom stereocenters. The number of hydrogen-bond acceptors (Lipinski definition) is 3. The molecule has 0 unspecified atom stereocenters. The molecule has 1 aliphatic rings. The molecule has 1 saturated carbocycles. The van der Waals surface area contributed by atoms with E-state index in [1.54, 1.807) is 0 Å². The van der Waals surface area contributed by atoms with Crippen LogP contribution in [-0.2, 0) is 9.53 Å². The van der Waals surface area contributed by atoms with Gasteiger partial charge in [0, 0.05) is 6.04 Å². The van der Waals surface area contributed by atoms with E-state index in [-0.39, 0.29) is 12.1 Å². The van der Waals surface area contributed by atoms with Gasteiger partial charge in [-0.1, -0.05) is 0 Å². The predicted molar refractivity (Wildman–Crippen MR) is 44.4 cm³/mol. The lowest BCUT2D eigenvalue weighted by atomic mass is 9.93. The zero-order valence-electron chi connectivity index (χ0n) is 7.23. The second-order valence-electron chi connectivity index (χ2n) is 3.16. The van der Waals surface area contributed by atoms with Crippen molar-refractivity contribution < 1.29 is 19.4 Å². The lowest BCUT2D eigenvalue weighted by molar-refractivity contribution is -0.135. The first-order chi connectivity index (χ1) is 6.22. The fourth-order valence-electron chi connectivity index (χ4n) is 1.60. The Morgan fingerprint density at radius 3 is 2.46 bits per heavy atom. The summed E-state index contributed by atoms with van der Waals surface area (Å²) in [5, 5.41) is 10.9. The molecule has 0 aromatic heterocycles. The van der Waals surface area contributed by atoms with Crippen LogP contribution in [0, 0.1) is 0 Å². The summed E-state index contributed by atoms with van der Waals surface area (Å²) in [5.74, 6) is 0. The van der Waals surface area contributed by atoms with Gasteiger partial charge in [-0.25, -0.2) is 4.79 Å². The molecular formula is C8H13NO4. The fourth-order valence-corrected chi connectivity index (χ4v) is 1.60. The molecular weight excluding hydrogens is 174 g/mol. The minimum Gasteiger partial charge on any atom is -0.465 e. The summed E-state index contributed by atoms with van der Waals surface area (Å²) in [6.45, 7) is 0.454. The van der Waals surface area contributed by atoms with Gasteiger partial charge in [0.25, 0.3) is 6.47 Å². The lowest BCUT2D eigenvalue weighted by Crippen LogP contribution is -2.38. The molecule has 0 heterocycles. The van der Waals surface area contributed by atoms with E-state index in [0.717, 1.165) is 25.7 Å². The largest absolute Gasteiger partial charge is 0.465 e. The third kappa shape index (κ3) is 3.31. The fraction of sp³-hybridized carbons (Fsp3) is 0.750. The van der Waals surface area contributed by atoms with E-state index >= 15 is 0 Å². The van der Waals surface area contributed by atoms with Gasteiger partial charge >= 0.3 is 6.09 Å². The predicted octanol–water partition coefficient (Wildman–Crippen LogP) is 0.738. The highest BCUT2D eigenvalue weighted by Gasteiger charge is 2.22. The zero-order chi connectivity index (χ0) is 9.68. The van der Waals surface area contributed by atoms with Crippen molar-refractivity contribution in [2.24, 2.45) is 0 Å². The summed E-state index contributed by atoms with van der Waals surface area (Å²) in [6, 6.07) is 0.0176. The average molecular weight is 187 g/mol. The molecule has 5 heteroatoms. The summed E-state index contributed by atoms with van der Waals surface area (Å²) in [5.41, 5.74) is 0. The average Bonchev–Trinajstić information content (AvgIpc) is 2.08. The maximum atomic E-state index is 10.3. The van der Waals surface area contributed by atoms with Gasteiger partial charge in [0.1, 0.15) is 6.10 Å². The maximum absolute atomic E-state index is 10.3. The van der Waals surface area contributed by atoms with E-state index in [1.165, 1.54) is 0 Å². The van der Waals surface area contributed by atoms with Crippen LogP contribution in [0.2, 0.25) is 0 Å². The molecule has 0 spiro atoms. The first-order valence-corrected chi connectivity index (χ1v) is 4.31. The Labute approximate surface area is 76.1 Å². The molecule has 0 aromatic carbocycles. The van der Waals surface area contributed by atoms with Gasteiger partial charge in [0.2, 0.25) is 0 Å². The first-order valence-electron chi connectivity index (χ1n) is 4.31. The number of carbonyl (C=O) groups is 2. The van der Waals surface area contributed by atoms with E-state index in [0.29, 0.717) is 6.47 Å². The third-order valence-corrected chi connectivity index (χ3v) is 2.25. The first kappa shape index (κ1) is 9.83. The van der Waals surface area contributed by atoms with Crippen molar-refractivity contribution in [3.8, 4) is 0 Å². The van der Waals surface area contributed by atoms with Crippen molar-refractivity contribution in [3.63, 3.8) is 0 Å². The number of ether oxygens (including phenoxy) is 1. The molecule has 5 nitrogen and oxygen atoms in total. The number of amides is 1. The summed E-state index contributed by atoms with van der Waals surface area (Å²) in [4.78, 5) is 20.3. The molecule has 1 rings (SSSR count). The molecule has 0 saturated heterocycles. The molecule has 0 bridgehead atoms. The minimum atomic E-state index is -0.986. The van der Waals surface area contributed by atoms with Crippen molar-refractivity contribution >= 4 is 12.6 Å². The molecule has 0 aliphatic heterocycles. The molecule has 13 heavy (non-hydrogen) atoms. The van der Waals surface area contributed by atoms with Crippen molar-refractivity contribution in [3.05, 3.63) is 0 Å². The van der Waals surface area contributed by atoms with E-state index in [4.69, 9.17) is 9.84 Å². The van der Waals surface area contributed by atoms with Gasteiger partial charge in [0.15, 0.2) is 0 Å². The Kier molecular flexibility index (Phi) is 3.54. The normalized spacial score (nSPS) is 27.7. The standard InChI is InChI=1S/C8H13NO4/c10-5-13-7-3-1-6(2-4-7)9-8(11)12/h5-7,9H,1-4H2,(H,11,12). The number of hydrogen-bond donors (Lipinski definition) is 2. The third-order valence-electron chi connectivity index (χ3n) is 2.25. The van der Waals surface area contributed by atoms with Crippen LogP contribution in [0.15, 0.2) is 0 Å². The molecule has 0 radical (unpaired) electrons. The van der Waals surface area contributed by atoms with Gasteiger partial charge in [-0.2, -0.15) is 0 Å². The topological polar surface area (TPSA) is 75.6 Å². The summed E-state index contributed by atoms with van der Waals surface area (Å²) in [6.07, 6.45) is 1.95. The lowest BCUT2D eigenvalue weighted by Gasteiger charge is -2.26. The smallest absolute Gasteiger partial charge is 0.404 e. The van der Waals surface area contributed by atoms with Gasteiger partial charge in [-0.3, -0.25) is 4.79 Å². The number of carboxylic acid groups (broad SMARTS) is 1. The van der Waals surface area contributed by atoms with E-state index in [9.17, 15) is 9.59 Å². The molecule has 1 fully saturated rings. The highest BCUT2D eigenvalue weighted by molar-refractivity contribution is 5.64. The van der Waals surface area contributed by atoms with Crippen LogP contribution in [0.3, 0.4) is 0 Å². The van der Waals surface area contributed by atoms with Gasteiger partial charge in [-0.05, 0) is 25.7 Å². The van der Waals surface area contributed by atoms with E-state index < -0.39 is 6.09 Å². The number of rotatable bonds is 3. The highest BCUT2D eigenvalue weighted by atomic mass is 16.5. The van der Waals surface area contributed by atoms with Gasteiger partial charge in [-0.15, -0.1) is 0 Å².